The number of phenolic OH excluding ortho intramolecular Hbond substituents is 2. The maximum atomic E-state index is 12.3. The van der Waals surface area contributed by atoms with Crippen LogP contribution in [-0.2, 0) is 4.79 Å². The molecule has 24 heavy (non-hydrogen) atoms. The molecule has 0 aliphatic heterocycles. The summed E-state index contributed by atoms with van der Waals surface area (Å²) in [5.41, 5.74) is 0.419. The van der Waals surface area contributed by atoms with E-state index in [0.717, 1.165) is 23.8 Å². The average Bonchev–Trinajstić information content (AvgIpc) is 2.51. The lowest BCUT2D eigenvalue weighted by Gasteiger charge is -2.20. The lowest BCUT2D eigenvalue weighted by Crippen LogP contribution is -2.25. The van der Waals surface area contributed by atoms with Gasteiger partial charge in [0.1, 0.15) is 11.5 Å². The number of benzene rings is 1. The first-order valence-electron chi connectivity index (χ1n) is 6.95. The molecule has 3 N–H and O–H groups in total. The van der Waals surface area contributed by atoms with Crippen molar-refractivity contribution in [2.75, 3.05) is 0 Å². The number of carbonyl (C=O) groups excluding carboxylic acids is 3. The second kappa shape index (κ2) is 8.16. The number of allylic oxidation sites excluding steroid dienone is 2. The van der Waals surface area contributed by atoms with Crippen LogP contribution in [0.2, 0.25) is 0 Å². The van der Waals surface area contributed by atoms with Gasteiger partial charge in [0.2, 0.25) is 0 Å². The molecule has 0 unspecified atom stereocenters. The van der Waals surface area contributed by atoms with Crippen LogP contribution in [0.1, 0.15) is 41.0 Å². The highest BCUT2D eigenvalue weighted by Crippen LogP contribution is 2.35. The van der Waals surface area contributed by atoms with Crippen LogP contribution in [-0.4, -0.2) is 39.5 Å². The number of phenols is 2. The van der Waals surface area contributed by atoms with Gasteiger partial charge < -0.3 is 15.3 Å². The quantitative estimate of drug-likeness (QED) is 0.338. The molecule has 1 atom stereocenters. The van der Waals surface area contributed by atoms with E-state index in [0.29, 0.717) is 0 Å². The molecule has 1 aromatic carbocycles. The van der Waals surface area contributed by atoms with Crippen LogP contribution in [0.15, 0.2) is 35.4 Å². The standard InChI is InChI=1S/C16H16O5.CHFO/c1-8(2)3-4-10(17)9-7-13(20)14-11(18)5-6-12(19)15(14)16(9)21;2-1-3/h3,5-7,10,17-19H,4H2,1-2H3;1H/t10-;/m1./s1. The smallest absolute Gasteiger partial charge is 0.289 e. The lowest BCUT2D eigenvalue weighted by atomic mass is 9.85. The number of hydrogen-bond donors (Lipinski definition) is 3. The van der Waals surface area contributed by atoms with Crippen molar-refractivity contribution >= 4 is 18.1 Å². The van der Waals surface area contributed by atoms with E-state index >= 15 is 0 Å². The van der Waals surface area contributed by atoms with Crippen molar-refractivity contribution in [1.82, 2.24) is 0 Å². The van der Waals surface area contributed by atoms with E-state index in [2.05, 4.69) is 0 Å². The molecule has 7 heteroatoms. The van der Waals surface area contributed by atoms with Crippen LogP contribution < -0.4 is 0 Å². The minimum atomic E-state index is -1.13. The minimum absolute atomic E-state index is 0.0779. The summed E-state index contributed by atoms with van der Waals surface area (Å²) >= 11 is 0. The summed E-state index contributed by atoms with van der Waals surface area (Å²) in [4.78, 5) is 32.5. The van der Waals surface area contributed by atoms with Crippen LogP contribution in [0.4, 0.5) is 4.39 Å². The highest BCUT2D eigenvalue weighted by molar-refractivity contribution is 6.26. The second-order valence-corrected chi connectivity index (χ2v) is 5.27. The van der Waals surface area contributed by atoms with Gasteiger partial charge in [-0.3, -0.25) is 14.4 Å². The number of Topliss-reactive ketones (excluding diaryl/α,β-unsaturated/α-hetero) is 1. The predicted octanol–water partition coefficient (Wildman–Crippen LogP) is 2.27. The van der Waals surface area contributed by atoms with Gasteiger partial charge in [-0.1, -0.05) is 11.6 Å². The monoisotopic (exact) mass is 336 g/mol. The van der Waals surface area contributed by atoms with E-state index in [1.165, 1.54) is 0 Å². The molecule has 6 nitrogen and oxygen atoms in total. The predicted molar refractivity (Wildman–Crippen MR) is 84.4 cm³/mol. The van der Waals surface area contributed by atoms with Gasteiger partial charge >= 0.3 is 0 Å². The molecule has 0 radical (unpaired) electrons. The summed E-state index contributed by atoms with van der Waals surface area (Å²) in [6.07, 6.45) is 1.84. The summed E-state index contributed by atoms with van der Waals surface area (Å²) in [6, 6.07) is 2.29. The molecule has 0 bridgehead atoms. The maximum absolute atomic E-state index is 12.3. The van der Waals surface area contributed by atoms with Gasteiger partial charge in [0.05, 0.1) is 17.2 Å². The number of ketones is 2. The molecule has 0 amide bonds. The molecule has 0 saturated heterocycles. The van der Waals surface area contributed by atoms with Crippen LogP contribution in [0, 0.1) is 0 Å². The molecule has 0 spiro atoms. The van der Waals surface area contributed by atoms with Crippen molar-refractivity contribution in [2.24, 2.45) is 0 Å². The molecule has 0 aromatic heterocycles. The largest absolute Gasteiger partial charge is 0.507 e. The van der Waals surface area contributed by atoms with Gasteiger partial charge in [0, 0.05) is 5.57 Å². The minimum Gasteiger partial charge on any atom is -0.507 e. The molecule has 0 fully saturated rings. The van der Waals surface area contributed by atoms with Crippen molar-refractivity contribution in [3.05, 3.63) is 46.6 Å². The zero-order chi connectivity index (χ0) is 18.4. The number of halogens is 1. The Morgan fingerprint density at radius 2 is 1.67 bits per heavy atom. The first-order chi connectivity index (χ1) is 11.2. The Morgan fingerprint density at radius 1 is 1.17 bits per heavy atom. The summed E-state index contributed by atoms with van der Waals surface area (Å²) in [5, 5.41) is 29.5. The van der Waals surface area contributed by atoms with Crippen molar-refractivity contribution in [1.29, 1.82) is 0 Å². The second-order valence-electron chi connectivity index (χ2n) is 5.27. The zero-order valence-electron chi connectivity index (χ0n) is 13.1. The molecule has 0 heterocycles. The fraction of sp³-hybridized carbons (Fsp3) is 0.235. The molecular weight excluding hydrogens is 319 g/mol. The van der Waals surface area contributed by atoms with E-state index in [1.54, 1.807) is 6.08 Å². The Morgan fingerprint density at radius 3 is 2.17 bits per heavy atom. The van der Waals surface area contributed by atoms with Crippen LogP contribution in [0.5, 0.6) is 11.5 Å². The van der Waals surface area contributed by atoms with E-state index in [9.17, 15) is 29.3 Å². The molecule has 128 valence electrons. The van der Waals surface area contributed by atoms with E-state index in [-0.39, 0.29) is 34.6 Å². The normalized spacial score (nSPS) is 13.9. The van der Waals surface area contributed by atoms with Gasteiger partial charge in [-0.15, -0.1) is 0 Å². The number of hydrogen-bond acceptors (Lipinski definition) is 6. The molecule has 1 aliphatic carbocycles. The number of carbonyl (C=O) groups is 3. The molecular formula is C17H17FO6. The number of aliphatic hydroxyl groups is 1. The topological polar surface area (TPSA) is 112 Å². The number of fused-ring (bicyclic) bond motifs is 1. The summed E-state index contributed by atoms with van der Waals surface area (Å²) in [6.45, 7) is 2.96. The van der Waals surface area contributed by atoms with E-state index < -0.39 is 24.2 Å². The third kappa shape index (κ3) is 4.14. The van der Waals surface area contributed by atoms with Crippen LogP contribution >= 0.6 is 0 Å². The Kier molecular flexibility index (Phi) is 6.55. The molecule has 2 rings (SSSR count). The Labute approximate surface area is 137 Å². The maximum Gasteiger partial charge on any atom is 0.289 e. The van der Waals surface area contributed by atoms with Gasteiger partial charge in [-0.25, -0.2) is 0 Å². The fourth-order valence-corrected chi connectivity index (χ4v) is 2.21. The van der Waals surface area contributed by atoms with Crippen LogP contribution in [0.25, 0.3) is 0 Å². The number of aliphatic hydroxyl groups excluding tert-OH is 1. The zero-order valence-corrected chi connectivity index (χ0v) is 13.1. The third-order valence-electron chi connectivity index (χ3n) is 3.29. The average molecular weight is 336 g/mol. The van der Waals surface area contributed by atoms with Crippen molar-refractivity contribution < 1.29 is 34.1 Å². The SMILES string of the molecule is CC(C)=CC[C@@H](O)C1=CC(=O)c2c(O)ccc(O)c2C1=O.O=CF. The molecule has 1 aromatic rings. The molecule has 1 aliphatic rings. The van der Waals surface area contributed by atoms with Crippen molar-refractivity contribution in [3.63, 3.8) is 0 Å². The third-order valence-corrected chi connectivity index (χ3v) is 3.29. The summed E-state index contributed by atoms with van der Waals surface area (Å²) in [5.74, 6) is -2.01. The van der Waals surface area contributed by atoms with Crippen molar-refractivity contribution in [2.45, 2.75) is 26.4 Å². The van der Waals surface area contributed by atoms with E-state index in [4.69, 9.17) is 4.79 Å². The highest BCUT2D eigenvalue weighted by Gasteiger charge is 2.33. The van der Waals surface area contributed by atoms with Crippen LogP contribution in [0.3, 0.4) is 0 Å². The van der Waals surface area contributed by atoms with Gasteiger partial charge in [0.15, 0.2) is 11.6 Å². The van der Waals surface area contributed by atoms with Gasteiger partial charge in [0.25, 0.3) is 6.54 Å². The Bertz CT molecular complexity index is 729. The summed E-state index contributed by atoms with van der Waals surface area (Å²) in [7, 11) is 0. The van der Waals surface area contributed by atoms with E-state index in [1.807, 2.05) is 13.8 Å². The number of rotatable bonds is 3. The fourth-order valence-electron chi connectivity index (χ4n) is 2.21. The summed E-state index contributed by atoms with van der Waals surface area (Å²) < 4.78 is 9.61. The van der Waals surface area contributed by atoms with Gasteiger partial charge in [-0.2, -0.15) is 4.39 Å². The van der Waals surface area contributed by atoms with Crippen molar-refractivity contribution in [3.8, 4) is 11.5 Å². The highest BCUT2D eigenvalue weighted by atomic mass is 19.1. The first kappa shape index (κ1) is 19.2. The van der Waals surface area contributed by atoms with Gasteiger partial charge in [-0.05, 0) is 38.5 Å². The number of aromatic hydroxyl groups is 2. The Balaban J connectivity index is 0.000000891. The first-order valence-corrected chi connectivity index (χ1v) is 6.95. The Hall–Kier alpha value is -2.80. The lowest BCUT2D eigenvalue weighted by molar-refractivity contribution is 0.0943. The molecule has 0 saturated carbocycles.